The number of amides is 1. The maximum absolute atomic E-state index is 13.4. The van der Waals surface area contributed by atoms with E-state index in [1.54, 1.807) is 0 Å². The molecule has 0 aliphatic carbocycles. The third-order valence-electron chi connectivity index (χ3n) is 5.52. The number of benzene rings is 3. The van der Waals surface area contributed by atoms with Crippen molar-refractivity contribution in [3.05, 3.63) is 108 Å². The molecule has 5 nitrogen and oxygen atoms in total. The van der Waals surface area contributed by atoms with Crippen molar-refractivity contribution in [1.29, 1.82) is 0 Å². The molecule has 0 heterocycles. The van der Waals surface area contributed by atoms with E-state index < -0.39 is 16.1 Å². The Labute approximate surface area is 197 Å². The second-order valence-corrected chi connectivity index (χ2v) is 10.0. The van der Waals surface area contributed by atoms with E-state index in [4.69, 9.17) is 0 Å². The number of carbonyl (C=O) groups excluding carboxylic acids is 1. The van der Waals surface area contributed by atoms with Crippen molar-refractivity contribution >= 4 is 15.9 Å². The molecule has 6 heteroatoms. The number of aryl methyl sites for hydroxylation is 1. The molecule has 3 aromatic rings. The number of unbranched alkanes of at least 4 members (excludes halogenated alkanes) is 1. The summed E-state index contributed by atoms with van der Waals surface area (Å²) < 4.78 is 28.0. The van der Waals surface area contributed by atoms with Gasteiger partial charge in [-0.05, 0) is 36.0 Å². The van der Waals surface area contributed by atoms with Crippen LogP contribution in [0.3, 0.4) is 0 Å². The zero-order chi connectivity index (χ0) is 23.5. The molecular weight excluding hydrogens is 432 g/mol. The minimum Gasteiger partial charge on any atom is -0.344 e. The van der Waals surface area contributed by atoms with Crippen molar-refractivity contribution in [2.24, 2.45) is 0 Å². The maximum atomic E-state index is 13.4. The summed E-state index contributed by atoms with van der Waals surface area (Å²) in [6, 6.07) is 28.0. The molecule has 0 bridgehead atoms. The topological polar surface area (TPSA) is 75.3 Å². The molecule has 174 valence electrons. The van der Waals surface area contributed by atoms with Crippen LogP contribution >= 0.6 is 0 Å². The van der Waals surface area contributed by atoms with E-state index in [2.05, 4.69) is 10.0 Å². The van der Waals surface area contributed by atoms with Gasteiger partial charge in [0.05, 0.1) is 11.8 Å². The average Bonchev–Trinajstić information content (AvgIpc) is 2.85. The first-order valence-electron chi connectivity index (χ1n) is 11.4. The Morgan fingerprint density at radius 3 is 1.85 bits per heavy atom. The molecule has 0 aromatic heterocycles. The second-order valence-electron chi connectivity index (χ2n) is 8.13. The molecule has 33 heavy (non-hydrogen) atoms. The maximum Gasteiger partial charge on any atom is 0.238 e. The average molecular weight is 465 g/mol. The molecule has 0 fully saturated rings. The summed E-state index contributed by atoms with van der Waals surface area (Å²) in [5.41, 5.74) is 2.94. The van der Waals surface area contributed by atoms with Gasteiger partial charge < -0.3 is 5.32 Å². The summed E-state index contributed by atoms with van der Waals surface area (Å²) in [6.45, 7) is 1.94. The minimum absolute atomic E-state index is 0.0133. The van der Waals surface area contributed by atoms with Gasteiger partial charge in [-0.25, -0.2) is 13.1 Å². The third-order valence-corrected chi connectivity index (χ3v) is 6.99. The van der Waals surface area contributed by atoms with E-state index >= 15 is 0 Å². The molecular formula is C27H32N2O3S. The van der Waals surface area contributed by atoms with Crippen LogP contribution < -0.4 is 10.0 Å². The lowest BCUT2D eigenvalue weighted by molar-refractivity contribution is -0.123. The Hall–Kier alpha value is -2.96. The van der Waals surface area contributed by atoms with Gasteiger partial charge in [0, 0.05) is 0 Å². The first-order chi connectivity index (χ1) is 16.0. The van der Waals surface area contributed by atoms with Crippen molar-refractivity contribution in [3.8, 4) is 0 Å². The van der Waals surface area contributed by atoms with Gasteiger partial charge in [-0.2, -0.15) is 0 Å². The minimum atomic E-state index is -3.57. The predicted molar refractivity (Wildman–Crippen MR) is 133 cm³/mol. The van der Waals surface area contributed by atoms with Crippen LogP contribution in [0.2, 0.25) is 0 Å². The Morgan fingerprint density at radius 2 is 1.33 bits per heavy atom. The van der Waals surface area contributed by atoms with Crippen molar-refractivity contribution < 1.29 is 13.2 Å². The monoisotopic (exact) mass is 464 g/mol. The highest BCUT2D eigenvalue weighted by Crippen LogP contribution is 2.22. The van der Waals surface area contributed by atoms with Gasteiger partial charge in [-0.15, -0.1) is 0 Å². The van der Waals surface area contributed by atoms with Crippen molar-refractivity contribution in [1.82, 2.24) is 10.0 Å². The van der Waals surface area contributed by atoms with Gasteiger partial charge in [-0.3, -0.25) is 4.79 Å². The van der Waals surface area contributed by atoms with E-state index in [1.165, 1.54) is 0 Å². The standard InChI is InChI=1S/C27H32N2O3S/c1-2-3-21-33(31,32)29-25(20-19-22-13-7-4-8-14-22)27(30)28-26(23-15-9-5-10-16-23)24-17-11-6-12-18-24/h4-18,25-26,29H,2-3,19-21H2,1H3,(H,28,30). The van der Waals surface area contributed by atoms with Crippen molar-refractivity contribution in [2.45, 2.75) is 44.7 Å². The number of rotatable bonds is 12. The number of carbonyl (C=O) groups is 1. The van der Waals surface area contributed by atoms with Gasteiger partial charge >= 0.3 is 0 Å². The molecule has 1 amide bonds. The first-order valence-corrected chi connectivity index (χ1v) is 13.1. The van der Waals surface area contributed by atoms with Gasteiger partial charge in [0.25, 0.3) is 0 Å². The van der Waals surface area contributed by atoms with E-state index in [0.717, 1.165) is 23.1 Å². The fourth-order valence-electron chi connectivity index (χ4n) is 3.70. The van der Waals surface area contributed by atoms with Crippen LogP contribution in [0.15, 0.2) is 91.0 Å². The SMILES string of the molecule is CCCCS(=O)(=O)NC(CCc1ccccc1)C(=O)NC(c1ccccc1)c1ccccc1. The molecule has 3 aromatic carbocycles. The summed E-state index contributed by atoms with van der Waals surface area (Å²) in [5.74, 6) is -0.317. The van der Waals surface area contributed by atoms with Crippen LogP contribution in [-0.2, 0) is 21.2 Å². The second kappa shape index (κ2) is 12.3. The Morgan fingerprint density at radius 1 is 0.818 bits per heavy atom. The van der Waals surface area contributed by atoms with Crippen molar-refractivity contribution in [3.63, 3.8) is 0 Å². The largest absolute Gasteiger partial charge is 0.344 e. The van der Waals surface area contributed by atoms with Crippen LogP contribution in [0.5, 0.6) is 0 Å². The first kappa shape index (κ1) is 24.7. The van der Waals surface area contributed by atoms with E-state index in [1.807, 2.05) is 97.9 Å². The summed E-state index contributed by atoms with van der Waals surface area (Å²) in [7, 11) is -3.57. The fraction of sp³-hybridized carbons (Fsp3) is 0.296. The molecule has 0 radical (unpaired) electrons. The fourth-order valence-corrected chi connectivity index (χ4v) is 5.15. The summed E-state index contributed by atoms with van der Waals surface area (Å²) in [6.07, 6.45) is 2.29. The molecule has 0 saturated heterocycles. The smallest absolute Gasteiger partial charge is 0.238 e. The highest BCUT2D eigenvalue weighted by atomic mass is 32.2. The molecule has 0 aliphatic rings. The Kier molecular flexibility index (Phi) is 9.22. The van der Waals surface area contributed by atoms with Crippen LogP contribution in [0.25, 0.3) is 0 Å². The Balaban J connectivity index is 1.83. The lowest BCUT2D eigenvalue weighted by atomic mass is 9.98. The van der Waals surface area contributed by atoms with Gasteiger partial charge in [-0.1, -0.05) is 104 Å². The molecule has 0 aliphatic heterocycles. The normalized spacial score (nSPS) is 12.4. The van der Waals surface area contributed by atoms with Gasteiger partial charge in [0.1, 0.15) is 6.04 Å². The van der Waals surface area contributed by atoms with Crippen LogP contribution in [-0.4, -0.2) is 26.1 Å². The lowest BCUT2D eigenvalue weighted by Gasteiger charge is -2.24. The van der Waals surface area contributed by atoms with Crippen LogP contribution in [0.4, 0.5) is 0 Å². The summed E-state index contributed by atoms with van der Waals surface area (Å²) >= 11 is 0. The predicted octanol–water partition coefficient (Wildman–Crippen LogP) is 4.61. The lowest BCUT2D eigenvalue weighted by Crippen LogP contribution is -2.48. The Bertz CT molecular complexity index is 1050. The highest BCUT2D eigenvalue weighted by Gasteiger charge is 2.27. The van der Waals surface area contributed by atoms with E-state index in [-0.39, 0.29) is 17.7 Å². The summed E-state index contributed by atoms with van der Waals surface area (Å²) in [5, 5.41) is 3.10. The van der Waals surface area contributed by atoms with Crippen LogP contribution in [0.1, 0.15) is 48.9 Å². The van der Waals surface area contributed by atoms with Crippen molar-refractivity contribution in [2.75, 3.05) is 5.75 Å². The number of hydrogen-bond donors (Lipinski definition) is 2. The molecule has 0 spiro atoms. The third kappa shape index (κ3) is 7.84. The molecule has 1 atom stereocenters. The quantitative estimate of drug-likeness (QED) is 0.411. The number of nitrogens with one attached hydrogen (secondary N) is 2. The van der Waals surface area contributed by atoms with Crippen LogP contribution in [0, 0.1) is 0 Å². The number of sulfonamides is 1. The van der Waals surface area contributed by atoms with Gasteiger partial charge in [0.15, 0.2) is 0 Å². The molecule has 0 saturated carbocycles. The van der Waals surface area contributed by atoms with Gasteiger partial charge in [0.2, 0.25) is 15.9 Å². The summed E-state index contributed by atoms with van der Waals surface area (Å²) in [4.78, 5) is 13.4. The van der Waals surface area contributed by atoms with E-state index in [0.29, 0.717) is 19.3 Å². The zero-order valence-corrected chi connectivity index (χ0v) is 19.8. The molecule has 1 unspecified atom stereocenters. The number of hydrogen-bond acceptors (Lipinski definition) is 3. The van der Waals surface area contributed by atoms with E-state index in [9.17, 15) is 13.2 Å². The molecule has 3 rings (SSSR count). The zero-order valence-electron chi connectivity index (χ0n) is 19.0. The highest BCUT2D eigenvalue weighted by molar-refractivity contribution is 7.89. The molecule has 2 N–H and O–H groups in total.